The zero-order chi connectivity index (χ0) is 36.8. The average molecular weight is 667 g/mol. The van der Waals surface area contributed by atoms with Crippen LogP contribution in [0.1, 0.15) is 74.9 Å². The van der Waals surface area contributed by atoms with E-state index in [0.29, 0.717) is 17.6 Å². The van der Waals surface area contributed by atoms with Crippen molar-refractivity contribution in [2.75, 3.05) is 0 Å². The Morgan fingerprint density at radius 2 is 1.29 bits per heavy atom. The van der Waals surface area contributed by atoms with Gasteiger partial charge in [0.25, 0.3) is 0 Å². The lowest BCUT2D eigenvalue weighted by Gasteiger charge is -2.34. The Balaban J connectivity index is 0.000000925. The highest BCUT2D eigenvalue weighted by atomic mass is 14.7. The Bertz CT molecular complexity index is 2180. The van der Waals surface area contributed by atoms with Gasteiger partial charge >= 0.3 is 0 Å². The fourth-order valence-corrected chi connectivity index (χ4v) is 6.86. The molecule has 0 saturated heterocycles. The summed E-state index contributed by atoms with van der Waals surface area (Å²) in [5, 5.41) is 21.5. The van der Waals surface area contributed by atoms with Gasteiger partial charge in [-0.1, -0.05) is 151 Å². The van der Waals surface area contributed by atoms with Crippen molar-refractivity contribution in [1.29, 1.82) is 10.5 Å². The molecule has 4 nitrogen and oxygen atoms in total. The first kappa shape index (κ1) is 37.6. The van der Waals surface area contributed by atoms with Crippen LogP contribution >= 0.6 is 0 Å². The van der Waals surface area contributed by atoms with Gasteiger partial charge in [-0.25, -0.2) is 0 Å². The van der Waals surface area contributed by atoms with Crippen LogP contribution in [0.5, 0.6) is 0 Å². The van der Waals surface area contributed by atoms with Gasteiger partial charge in [-0.15, -0.1) is 0 Å². The van der Waals surface area contributed by atoms with E-state index in [1.165, 1.54) is 28.5 Å². The summed E-state index contributed by atoms with van der Waals surface area (Å²) in [6, 6.07) is 46.9. The number of rotatable bonds is 6. The lowest BCUT2D eigenvalue weighted by molar-refractivity contribution is 0.768. The number of benzene rings is 5. The quantitative estimate of drug-likeness (QED) is 0.141. The van der Waals surface area contributed by atoms with Gasteiger partial charge in [0.05, 0.1) is 28.8 Å². The maximum Gasteiger partial charge on any atom is 0.0992 e. The van der Waals surface area contributed by atoms with E-state index in [1.807, 2.05) is 53.7 Å². The van der Waals surface area contributed by atoms with Crippen LogP contribution in [0.15, 0.2) is 151 Å². The lowest BCUT2D eigenvalue weighted by atomic mass is 9.67. The van der Waals surface area contributed by atoms with Gasteiger partial charge in [0, 0.05) is 17.3 Å². The number of nitrogens with zero attached hydrogens (tertiary/aromatic N) is 3. The molecule has 1 heterocycles. The number of aromatic nitrogens is 1. The van der Waals surface area contributed by atoms with Crippen molar-refractivity contribution in [2.45, 2.75) is 53.4 Å². The van der Waals surface area contributed by atoms with Crippen molar-refractivity contribution >= 4 is 10.8 Å². The summed E-state index contributed by atoms with van der Waals surface area (Å²) in [4.78, 5) is 4.76. The zero-order valence-electron chi connectivity index (χ0n) is 30.5. The second kappa shape index (κ2) is 18.0. The Morgan fingerprint density at radius 1 is 0.686 bits per heavy atom. The molecule has 51 heavy (non-hydrogen) atoms. The first-order valence-electron chi connectivity index (χ1n) is 17.8. The number of allylic oxidation sites excluding steroid dienone is 3. The van der Waals surface area contributed by atoms with Crippen molar-refractivity contribution in [3.63, 3.8) is 0 Å². The highest BCUT2D eigenvalue weighted by molar-refractivity contribution is 6.09. The van der Waals surface area contributed by atoms with Crippen LogP contribution in [0, 0.1) is 22.7 Å². The fraction of sp³-hybridized carbons (Fsp3) is 0.170. The highest BCUT2D eigenvalue weighted by Crippen LogP contribution is 2.59. The van der Waals surface area contributed by atoms with Crippen LogP contribution in [0.3, 0.4) is 0 Å². The second-order valence-corrected chi connectivity index (χ2v) is 11.1. The summed E-state index contributed by atoms with van der Waals surface area (Å²) in [6.07, 6.45) is 7.24. The smallest absolute Gasteiger partial charge is 0.0992 e. The van der Waals surface area contributed by atoms with Gasteiger partial charge in [0.15, 0.2) is 0 Å². The zero-order valence-corrected chi connectivity index (χ0v) is 30.5. The molecule has 0 aliphatic heterocycles. The topological polar surface area (TPSA) is 86.5 Å². The molecular weight excluding hydrogens is 621 g/mol. The normalized spacial score (nSPS) is 12.0. The molecule has 0 saturated carbocycles. The summed E-state index contributed by atoms with van der Waals surface area (Å²) < 4.78 is 0. The largest absolute Gasteiger partial charge is 0.405 e. The molecule has 0 fully saturated rings. The number of fused-ring (bicyclic) bond motifs is 5. The molecule has 1 aliphatic rings. The molecule has 6 aromatic rings. The molecule has 7 rings (SSSR count). The van der Waals surface area contributed by atoms with Gasteiger partial charge in [-0.3, -0.25) is 4.98 Å². The maximum absolute atomic E-state index is 9.72. The number of nitriles is 2. The highest BCUT2D eigenvalue weighted by Gasteiger charge is 2.47. The third-order valence-corrected chi connectivity index (χ3v) is 8.75. The molecule has 5 aromatic carbocycles. The van der Waals surface area contributed by atoms with Crippen LogP contribution < -0.4 is 5.73 Å². The van der Waals surface area contributed by atoms with Gasteiger partial charge in [0.1, 0.15) is 0 Å². The fourth-order valence-electron chi connectivity index (χ4n) is 6.86. The monoisotopic (exact) mass is 666 g/mol. The Hall–Kier alpha value is -6.23. The molecule has 254 valence electrons. The minimum atomic E-state index is -0.631. The van der Waals surface area contributed by atoms with E-state index >= 15 is 0 Å². The molecular formula is C47H46N4. The predicted molar refractivity (Wildman–Crippen MR) is 214 cm³/mol. The van der Waals surface area contributed by atoms with Gasteiger partial charge < -0.3 is 5.73 Å². The van der Waals surface area contributed by atoms with Crippen LogP contribution in [-0.2, 0) is 11.8 Å². The second-order valence-electron chi connectivity index (χ2n) is 11.1. The van der Waals surface area contributed by atoms with Crippen molar-refractivity contribution in [3.05, 3.63) is 185 Å². The molecule has 1 aromatic heterocycles. The van der Waals surface area contributed by atoms with Crippen LogP contribution in [0.4, 0.5) is 0 Å². The average Bonchev–Trinajstić information content (AvgIpc) is 3.52. The molecule has 0 spiro atoms. The standard InChI is InChI=1S/C41H28N4.3C2H6/c42-21-19-29(26-43)16-15-28-17-18-35-37(23-28)41(31-9-3-1-4-10-31,32-11-5-2-6-12-32)38-25-36(39-24-30(27-44)20-22-45-39)33-13-7-8-14-34(33)40(35)38;3*1-2/h1-14,16-25H,15,42H2;3*1-2H3/b21-19-,29-16+;;;. The Kier molecular flexibility index (Phi) is 13.2. The molecule has 0 amide bonds. The first-order chi connectivity index (χ1) is 25.2. The molecule has 1 aliphatic carbocycles. The van der Waals surface area contributed by atoms with Crippen LogP contribution in [0.2, 0.25) is 0 Å². The molecule has 0 bridgehead atoms. The summed E-state index contributed by atoms with van der Waals surface area (Å²) in [5.74, 6) is 0. The van der Waals surface area contributed by atoms with Crippen molar-refractivity contribution < 1.29 is 0 Å². The number of pyridine rings is 1. The number of hydrogen-bond acceptors (Lipinski definition) is 4. The van der Waals surface area contributed by atoms with Crippen molar-refractivity contribution in [1.82, 2.24) is 4.98 Å². The van der Waals surface area contributed by atoms with Crippen molar-refractivity contribution in [2.24, 2.45) is 5.73 Å². The van der Waals surface area contributed by atoms with E-state index < -0.39 is 5.41 Å². The molecule has 0 atom stereocenters. The van der Waals surface area contributed by atoms with Crippen LogP contribution in [-0.4, -0.2) is 4.98 Å². The summed E-state index contributed by atoms with van der Waals surface area (Å²) >= 11 is 0. The van der Waals surface area contributed by atoms with Crippen LogP contribution in [0.25, 0.3) is 33.2 Å². The Labute approximate surface area is 303 Å². The van der Waals surface area contributed by atoms with E-state index in [-0.39, 0.29) is 0 Å². The molecule has 2 N–H and O–H groups in total. The summed E-state index contributed by atoms with van der Waals surface area (Å²) in [6.45, 7) is 12.0. The lowest BCUT2D eigenvalue weighted by Crippen LogP contribution is -2.28. The third kappa shape index (κ3) is 7.09. The first-order valence-corrected chi connectivity index (χ1v) is 17.8. The van der Waals surface area contributed by atoms with E-state index in [1.54, 1.807) is 18.3 Å². The minimum absolute atomic E-state index is 0.529. The molecule has 0 radical (unpaired) electrons. The van der Waals surface area contributed by atoms with Gasteiger partial charge in [0.2, 0.25) is 0 Å². The van der Waals surface area contributed by atoms with E-state index in [2.05, 4.69) is 121 Å². The predicted octanol–water partition coefficient (Wildman–Crippen LogP) is 11.7. The summed E-state index contributed by atoms with van der Waals surface area (Å²) in [5.41, 5.74) is 16.0. The van der Waals surface area contributed by atoms with Gasteiger partial charge in [-0.2, -0.15) is 10.5 Å². The Morgan fingerprint density at radius 3 is 1.88 bits per heavy atom. The molecule has 0 unspecified atom stereocenters. The number of hydrogen-bond donors (Lipinski definition) is 1. The minimum Gasteiger partial charge on any atom is -0.405 e. The van der Waals surface area contributed by atoms with Crippen molar-refractivity contribution in [3.8, 4) is 34.5 Å². The molecule has 4 heteroatoms. The number of nitrogens with two attached hydrogens (primary N) is 1. The van der Waals surface area contributed by atoms with E-state index in [9.17, 15) is 10.5 Å². The summed E-state index contributed by atoms with van der Waals surface area (Å²) in [7, 11) is 0. The SMILES string of the molecule is CC.CC.CC.N#CC(/C=C\N)=C/Cc1ccc2c(c1)C(c1ccccc1)(c1ccccc1)c1cc(-c3cc(C#N)ccn3)c3ccccc3c1-2. The third-order valence-electron chi connectivity index (χ3n) is 8.75. The van der Waals surface area contributed by atoms with E-state index in [4.69, 9.17) is 10.7 Å². The van der Waals surface area contributed by atoms with Gasteiger partial charge in [-0.05, 0) is 86.6 Å². The maximum atomic E-state index is 9.72. The van der Waals surface area contributed by atoms with E-state index in [0.717, 1.165) is 38.7 Å².